The predicted octanol–water partition coefficient (Wildman–Crippen LogP) is 11.4. The summed E-state index contributed by atoms with van der Waals surface area (Å²) >= 11 is 0. The molecule has 5 aromatic carbocycles. The molecule has 99 heavy (non-hydrogen) atoms. The Hall–Kier alpha value is -7.82. The van der Waals surface area contributed by atoms with Gasteiger partial charge in [0.25, 0.3) is 0 Å². The largest absolute Gasteiger partial charge is 0.493 e. The lowest BCUT2D eigenvalue weighted by Crippen LogP contribution is -2.32. The molecular weight excluding hydrogens is 1270 g/mol. The highest BCUT2D eigenvalue weighted by molar-refractivity contribution is 5.93. The number of hydrogen-bond donors (Lipinski definition) is 4. The van der Waals surface area contributed by atoms with Crippen LogP contribution in [0.25, 0.3) is 22.3 Å². The van der Waals surface area contributed by atoms with Gasteiger partial charge in [0.2, 0.25) is 0 Å². The highest BCUT2D eigenvalue weighted by Gasteiger charge is 2.14. The second-order valence-electron chi connectivity index (χ2n) is 23.1. The van der Waals surface area contributed by atoms with E-state index in [-0.39, 0.29) is 0 Å². The van der Waals surface area contributed by atoms with Gasteiger partial charge in [0.05, 0.1) is 172 Å². The quantitative estimate of drug-likeness (QED) is 0.0258. The molecule has 0 atom stereocenters. The number of aryl methyl sites for hydroxylation is 7. The first-order valence-electron chi connectivity index (χ1n) is 34.2. The Balaban J connectivity index is 0.555. The van der Waals surface area contributed by atoms with Gasteiger partial charge in [0.1, 0.15) is 34.4 Å². The number of rotatable bonds is 54. The van der Waals surface area contributed by atoms with Crippen molar-refractivity contribution in [3.8, 4) is 33.8 Å². The zero-order valence-corrected chi connectivity index (χ0v) is 58.3. The number of anilines is 2. The summed E-state index contributed by atoms with van der Waals surface area (Å²) < 4.78 is 90.5. The minimum Gasteiger partial charge on any atom is -0.493 e. The van der Waals surface area contributed by atoms with Gasteiger partial charge in [0.15, 0.2) is 0 Å². The molecule has 0 aliphatic carbocycles. The molecule has 2 aromatic heterocycles. The van der Waals surface area contributed by atoms with Gasteiger partial charge in [-0.2, -0.15) is 0 Å². The molecule has 0 spiro atoms. The fourth-order valence-corrected chi connectivity index (χ4v) is 10.1. The standard InChI is InChI=1S/C75H102N6O18/c1-57-20-21-66(78-74(82)76-22-26-84-28-30-86-32-34-88-36-38-90-40-42-92-44-46-94-55-67-52-69(98-80-67)18-12-24-96-72-58(2)48-64(49-59(72)3)62-14-8-6-9-15-62)54-71(57)79-75(83)77-23-27-85-29-31-87-33-35-89-37-39-91-41-43-93-45-47-95-56-68-53-70(99-81-68)19-13-25-97-73-60(4)50-65(51-61(73)5)63-16-10-7-11-17-63/h6-11,14-17,20-21,48-54H,12-13,18-19,22-47,55-56H2,1-5H3,(H2,76,78,82)(H2,77,79,83). The van der Waals surface area contributed by atoms with Crippen LogP contribution in [0.5, 0.6) is 11.5 Å². The second kappa shape index (κ2) is 48.0. The monoisotopic (exact) mass is 1370 g/mol. The number of nitrogens with one attached hydrogen (secondary N) is 4. The van der Waals surface area contributed by atoms with Crippen LogP contribution in [0.3, 0.4) is 0 Å². The number of amides is 4. The van der Waals surface area contributed by atoms with E-state index in [0.717, 1.165) is 87.9 Å². The van der Waals surface area contributed by atoms with Gasteiger partial charge in [-0.1, -0.05) is 77.0 Å². The summed E-state index contributed by atoms with van der Waals surface area (Å²) in [6.45, 7) is 21.7. The average Bonchev–Trinajstić information content (AvgIpc) is 1.27. The molecule has 4 amide bonds. The molecular formula is C75H102N6O18. The predicted molar refractivity (Wildman–Crippen MR) is 376 cm³/mol. The summed E-state index contributed by atoms with van der Waals surface area (Å²) in [5, 5.41) is 19.4. The highest BCUT2D eigenvalue weighted by Crippen LogP contribution is 2.32. The Morgan fingerprint density at radius 1 is 0.343 bits per heavy atom. The Kier molecular flexibility index (Phi) is 38.1. The van der Waals surface area contributed by atoms with Crippen LogP contribution in [0.15, 0.2) is 124 Å². The van der Waals surface area contributed by atoms with E-state index < -0.39 is 12.1 Å². The highest BCUT2D eigenvalue weighted by atomic mass is 16.6. The number of nitrogens with zero attached hydrogens (tertiary/aromatic N) is 2. The van der Waals surface area contributed by atoms with Crippen LogP contribution >= 0.6 is 0 Å². The number of hydrogen-bond acceptors (Lipinski definition) is 20. The van der Waals surface area contributed by atoms with Crippen molar-refractivity contribution in [2.45, 2.75) is 73.5 Å². The van der Waals surface area contributed by atoms with Crippen LogP contribution in [-0.4, -0.2) is 194 Å². The molecule has 0 bridgehead atoms. The van der Waals surface area contributed by atoms with E-state index in [1.165, 1.54) is 22.3 Å². The first kappa shape index (κ1) is 78.5. The minimum absolute atomic E-state index is 0.292. The Morgan fingerprint density at radius 2 is 0.677 bits per heavy atom. The summed E-state index contributed by atoms with van der Waals surface area (Å²) in [6.07, 6.45) is 3.05. The zero-order valence-electron chi connectivity index (χ0n) is 58.3. The lowest BCUT2D eigenvalue weighted by molar-refractivity contribution is -0.0177. The molecule has 7 aromatic rings. The van der Waals surface area contributed by atoms with Gasteiger partial charge >= 0.3 is 12.1 Å². The number of carbonyl (C=O) groups is 2. The summed E-state index contributed by atoms with van der Waals surface area (Å²) in [7, 11) is 0. The number of aromatic nitrogens is 2. The first-order valence-corrected chi connectivity index (χ1v) is 34.2. The molecule has 24 heteroatoms. The van der Waals surface area contributed by atoms with E-state index in [2.05, 4.69) is 132 Å². The molecule has 0 saturated carbocycles. The molecule has 24 nitrogen and oxygen atoms in total. The lowest BCUT2D eigenvalue weighted by Gasteiger charge is -2.14. The van der Waals surface area contributed by atoms with Crippen molar-refractivity contribution >= 4 is 23.4 Å². The molecule has 2 heterocycles. The number of ether oxygens (including phenoxy) is 14. The third kappa shape index (κ3) is 32.4. The van der Waals surface area contributed by atoms with Gasteiger partial charge in [-0.05, 0) is 134 Å². The van der Waals surface area contributed by atoms with Crippen LogP contribution in [0.2, 0.25) is 0 Å². The Morgan fingerprint density at radius 3 is 1.04 bits per heavy atom. The maximum Gasteiger partial charge on any atom is 0.319 e. The van der Waals surface area contributed by atoms with Crippen molar-refractivity contribution < 1.29 is 85.0 Å². The summed E-state index contributed by atoms with van der Waals surface area (Å²) in [5.41, 5.74) is 12.6. The smallest absolute Gasteiger partial charge is 0.319 e. The molecule has 0 radical (unpaired) electrons. The van der Waals surface area contributed by atoms with Crippen LogP contribution in [-0.2, 0) is 82.9 Å². The van der Waals surface area contributed by atoms with E-state index in [4.69, 9.17) is 75.4 Å². The third-order valence-corrected chi connectivity index (χ3v) is 15.0. The molecule has 4 N–H and O–H groups in total. The minimum atomic E-state index is -0.406. The van der Waals surface area contributed by atoms with Crippen molar-refractivity contribution in [3.05, 3.63) is 166 Å². The summed E-state index contributed by atoms with van der Waals surface area (Å²) in [5.74, 6) is 3.47. The molecule has 540 valence electrons. The summed E-state index contributed by atoms with van der Waals surface area (Å²) in [6, 6.07) is 37.7. The Labute approximate surface area is 582 Å². The van der Waals surface area contributed by atoms with E-state index in [1.807, 2.05) is 31.2 Å². The van der Waals surface area contributed by atoms with E-state index in [9.17, 15) is 9.59 Å². The van der Waals surface area contributed by atoms with Crippen molar-refractivity contribution in [2.24, 2.45) is 0 Å². The maximum absolute atomic E-state index is 12.6. The van der Waals surface area contributed by atoms with Crippen molar-refractivity contribution in [2.75, 3.05) is 182 Å². The van der Waals surface area contributed by atoms with Crippen LogP contribution < -0.4 is 30.7 Å². The average molecular weight is 1380 g/mol. The third-order valence-electron chi connectivity index (χ3n) is 15.0. The SMILES string of the molecule is Cc1ccc(NC(=O)NCCOCCOCCOCCOCCOCCOCc2cc(CCCOc3c(C)cc(-c4ccccc4)cc3C)on2)cc1NC(=O)NCCOCCOCCOCCOCCOCCOCc1cc(CCCOc2c(C)cc(-c3ccccc3)cc2C)on1. The molecule has 7 rings (SSSR count). The van der Waals surface area contributed by atoms with Gasteiger partial charge < -0.3 is 96.6 Å². The first-order chi connectivity index (χ1) is 48.6. The fraction of sp³-hybridized carbons (Fsp3) is 0.493. The van der Waals surface area contributed by atoms with E-state index in [0.29, 0.717) is 196 Å². The van der Waals surface area contributed by atoms with Crippen molar-refractivity contribution in [3.63, 3.8) is 0 Å². The van der Waals surface area contributed by atoms with Crippen molar-refractivity contribution in [1.29, 1.82) is 0 Å². The number of benzene rings is 5. The molecule has 0 aliphatic rings. The molecule has 0 fully saturated rings. The van der Waals surface area contributed by atoms with Crippen LogP contribution in [0, 0.1) is 34.6 Å². The van der Waals surface area contributed by atoms with Crippen LogP contribution in [0.1, 0.15) is 63.6 Å². The number of carbonyl (C=O) groups excluding carboxylic acids is 2. The maximum atomic E-state index is 12.6. The van der Waals surface area contributed by atoms with Gasteiger partial charge in [0, 0.05) is 49.4 Å². The van der Waals surface area contributed by atoms with Gasteiger partial charge in [-0.15, -0.1) is 0 Å². The zero-order chi connectivity index (χ0) is 69.6. The second-order valence-corrected chi connectivity index (χ2v) is 23.1. The lowest BCUT2D eigenvalue weighted by atomic mass is 10.00. The molecule has 0 aliphatic heterocycles. The molecule has 0 saturated heterocycles. The van der Waals surface area contributed by atoms with Gasteiger partial charge in [-0.3, -0.25) is 0 Å². The fourth-order valence-electron chi connectivity index (χ4n) is 10.1. The summed E-state index contributed by atoms with van der Waals surface area (Å²) in [4.78, 5) is 25.2. The molecule has 0 unspecified atom stereocenters. The number of urea groups is 2. The van der Waals surface area contributed by atoms with Crippen molar-refractivity contribution in [1.82, 2.24) is 20.9 Å². The topological polar surface area (TPSA) is 264 Å². The normalized spacial score (nSPS) is 11.3. The van der Waals surface area contributed by atoms with Crippen LogP contribution in [0.4, 0.5) is 21.0 Å². The van der Waals surface area contributed by atoms with E-state index >= 15 is 0 Å². The Bertz CT molecular complexity index is 3290. The van der Waals surface area contributed by atoms with E-state index in [1.54, 1.807) is 18.2 Å². The van der Waals surface area contributed by atoms with Gasteiger partial charge in [-0.25, -0.2) is 9.59 Å².